The molecule has 0 radical (unpaired) electrons. The number of nitro groups is 1. The predicted molar refractivity (Wildman–Crippen MR) is 80.3 cm³/mol. The van der Waals surface area contributed by atoms with Gasteiger partial charge in [0.05, 0.1) is 4.92 Å². The number of nitrogens with zero attached hydrogens (tertiary/aromatic N) is 5. The highest BCUT2D eigenvalue weighted by molar-refractivity contribution is 5.60. The molecular formula is C12H21N7O2. The zero-order chi connectivity index (χ0) is 15.4. The Morgan fingerprint density at radius 3 is 2.52 bits per heavy atom. The van der Waals surface area contributed by atoms with E-state index in [1.165, 1.54) is 0 Å². The molecular weight excluding hydrogens is 274 g/mol. The number of likely N-dealkylation sites (N-methyl/N-ethyl adjacent to an activating group) is 1. The van der Waals surface area contributed by atoms with E-state index in [1.807, 2.05) is 11.9 Å². The number of anilines is 2. The molecule has 1 aliphatic rings. The summed E-state index contributed by atoms with van der Waals surface area (Å²) in [7, 11) is 2.05. The van der Waals surface area contributed by atoms with Gasteiger partial charge in [0, 0.05) is 32.7 Å². The van der Waals surface area contributed by atoms with Crippen LogP contribution >= 0.6 is 0 Å². The first-order valence-electron chi connectivity index (χ1n) is 6.98. The van der Waals surface area contributed by atoms with Crippen LogP contribution in [0.4, 0.5) is 17.5 Å². The molecule has 1 saturated heterocycles. The van der Waals surface area contributed by atoms with E-state index >= 15 is 0 Å². The average molecular weight is 295 g/mol. The van der Waals surface area contributed by atoms with Gasteiger partial charge < -0.3 is 10.2 Å². The Bertz CT molecular complexity index is 515. The van der Waals surface area contributed by atoms with Crippen LogP contribution in [-0.2, 0) is 0 Å². The van der Waals surface area contributed by atoms with Crippen LogP contribution in [0.2, 0.25) is 0 Å². The van der Waals surface area contributed by atoms with E-state index in [4.69, 9.17) is 0 Å². The third kappa shape index (κ3) is 3.76. The maximum Gasteiger partial charge on any atom is 0.333 e. The second-order valence-electron chi connectivity index (χ2n) is 5.02. The first-order valence-corrected chi connectivity index (χ1v) is 6.98. The normalized spacial score (nSPS) is 16.7. The molecule has 0 atom stereocenters. The molecule has 116 valence electrons. The van der Waals surface area contributed by atoms with Crippen molar-refractivity contribution in [3.63, 3.8) is 0 Å². The van der Waals surface area contributed by atoms with E-state index in [-0.39, 0.29) is 11.5 Å². The third-order valence-corrected chi connectivity index (χ3v) is 3.34. The van der Waals surface area contributed by atoms with Crippen molar-refractivity contribution in [3.05, 3.63) is 15.8 Å². The number of nitrogens with one attached hydrogen (secondary N) is 2. The van der Waals surface area contributed by atoms with Crippen molar-refractivity contribution in [1.29, 1.82) is 0 Å². The largest absolute Gasteiger partial charge is 0.354 e. The van der Waals surface area contributed by atoms with Crippen molar-refractivity contribution in [2.75, 3.05) is 50.5 Å². The van der Waals surface area contributed by atoms with E-state index < -0.39 is 4.92 Å². The number of aryl methyl sites for hydroxylation is 1. The van der Waals surface area contributed by atoms with Gasteiger partial charge in [-0.1, -0.05) is 0 Å². The van der Waals surface area contributed by atoms with Crippen LogP contribution in [0.25, 0.3) is 0 Å². The smallest absolute Gasteiger partial charge is 0.333 e. The lowest BCUT2D eigenvalue weighted by Gasteiger charge is -2.32. The number of aromatic nitrogens is 2. The molecule has 0 spiro atoms. The topological polar surface area (TPSA) is 99.5 Å². The molecule has 0 aromatic carbocycles. The van der Waals surface area contributed by atoms with E-state index in [0.717, 1.165) is 26.2 Å². The van der Waals surface area contributed by atoms with E-state index in [9.17, 15) is 10.1 Å². The fraction of sp³-hybridized carbons (Fsp3) is 0.667. The maximum atomic E-state index is 11.2. The number of rotatable bonds is 5. The first kappa shape index (κ1) is 15.4. The molecule has 9 nitrogen and oxygen atoms in total. The van der Waals surface area contributed by atoms with E-state index in [1.54, 1.807) is 6.92 Å². The zero-order valence-corrected chi connectivity index (χ0v) is 12.6. The summed E-state index contributed by atoms with van der Waals surface area (Å²) in [5, 5.41) is 16.2. The molecule has 2 rings (SSSR count). The maximum absolute atomic E-state index is 11.2. The van der Waals surface area contributed by atoms with Crippen LogP contribution in [0.3, 0.4) is 0 Å². The summed E-state index contributed by atoms with van der Waals surface area (Å²) in [5.41, 5.74) is 3.34. The Morgan fingerprint density at radius 1 is 1.29 bits per heavy atom. The molecule has 1 aliphatic heterocycles. The highest BCUT2D eigenvalue weighted by Gasteiger charge is 2.24. The molecule has 1 aromatic heterocycles. The number of hydrogen-bond donors (Lipinski definition) is 2. The Kier molecular flexibility index (Phi) is 4.86. The Hall–Kier alpha value is -2.00. The Balaban J connectivity index is 2.24. The quantitative estimate of drug-likeness (QED) is 0.605. The summed E-state index contributed by atoms with van der Waals surface area (Å²) in [4.78, 5) is 21.4. The number of hydrazine groups is 1. The number of piperazine rings is 1. The Morgan fingerprint density at radius 2 is 1.95 bits per heavy atom. The van der Waals surface area contributed by atoms with Gasteiger partial charge in [0.2, 0.25) is 11.8 Å². The van der Waals surface area contributed by atoms with Crippen LogP contribution in [0, 0.1) is 17.0 Å². The minimum absolute atomic E-state index is 0.0735. The van der Waals surface area contributed by atoms with Crippen molar-refractivity contribution >= 4 is 17.5 Å². The summed E-state index contributed by atoms with van der Waals surface area (Å²) >= 11 is 0. The lowest BCUT2D eigenvalue weighted by molar-refractivity contribution is -0.385. The van der Waals surface area contributed by atoms with Gasteiger partial charge in [-0.25, -0.2) is 9.99 Å². The van der Waals surface area contributed by atoms with Gasteiger partial charge in [0.15, 0.2) is 0 Å². The number of hydrogen-bond acceptors (Lipinski definition) is 8. The van der Waals surface area contributed by atoms with Crippen molar-refractivity contribution < 1.29 is 4.92 Å². The summed E-state index contributed by atoms with van der Waals surface area (Å²) < 4.78 is 0. The van der Waals surface area contributed by atoms with Gasteiger partial charge >= 0.3 is 5.69 Å². The van der Waals surface area contributed by atoms with Gasteiger partial charge in [-0.2, -0.15) is 4.98 Å². The van der Waals surface area contributed by atoms with Gasteiger partial charge in [0.1, 0.15) is 5.69 Å². The van der Waals surface area contributed by atoms with Gasteiger partial charge in [0.25, 0.3) is 0 Å². The van der Waals surface area contributed by atoms with Crippen LogP contribution in [0.15, 0.2) is 0 Å². The standard InChI is InChI=1S/C12H21N7O2/c1-4-13-12-14-9(2)10(19(20)21)11(15-12)16-18-7-5-17(3)6-8-18/h4-8H2,1-3H3,(H2,13,14,15,16). The SMILES string of the molecule is CCNc1nc(C)c([N+](=O)[O-])c(NN2CCN(C)CC2)n1. The minimum atomic E-state index is -0.441. The molecule has 21 heavy (non-hydrogen) atoms. The average Bonchev–Trinajstić information content (AvgIpc) is 2.41. The van der Waals surface area contributed by atoms with Crippen molar-refractivity contribution in [2.24, 2.45) is 0 Å². The molecule has 1 aromatic rings. The van der Waals surface area contributed by atoms with Crippen LogP contribution in [-0.4, -0.2) is 64.6 Å². The highest BCUT2D eigenvalue weighted by Crippen LogP contribution is 2.27. The summed E-state index contributed by atoms with van der Waals surface area (Å²) in [6.07, 6.45) is 0. The molecule has 9 heteroatoms. The van der Waals surface area contributed by atoms with Crippen LogP contribution in [0.5, 0.6) is 0 Å². The molecule has 0 amide bonds. The molecule has 0 aliphatic carbocycles. The van der Waals surface area contributed by atoms with Gasteiger partial charge in [-0.3, -0.25) is 15.5 Å². The summed E-state index contributed by atoms with van der Waals surface area (Å²) in [6, 6.07) is 0. The molecule has 0 saturated carbocycles. The molecule has 0 unspecified atom stereocenters. The van der Waals surface area contributed by atoms with Crippen molar-refractivity contribution in [1.82, 2.24) is 19.9 Å². The minimum Gasteiger partial charge on any atom is -0.354 e. The van der Waals surface area contributed by atoms with Crippen LogP contribution < -0.4 is 10.7 Å². The zero-order valence-electron chi connectivity index (χ0n) is 12.6. The molecule has 0 bridgehead atoms. The monoisotopic (exact) mass is 295 g/mol. The second-order valence-corrected chi connectivity index (χ2v) is 5.02. The Labute approximate surface area is 123 Å². The molecule has 2 heterocycles. The fourth-order valence-electron chi connectivity index (χ4n) is 2.17. The van der Waals surface area contributed by atoms with E-state index in [2.05, 4.69) is 32.7 Å². The first-order chi connectivity index (χ1) is 10.0. The fourth-order valence-corrected chi connectivity index (χ4v) is 2.17. The molecule has 1 fully saturated rings. The summed E-state index contributed by atoms with van der Waals surface area (Å²) in [5.74, 6) is 0.644. The van der Waals surface area contributed by atoms with Crippen LogP contribution in [0.1, 0.15) is 12.6 Å². The predicted octanol–water partition coefficient (Wildman–Crippen LogP) is 0.699. The van der Waals surface area contributed by atoms with Crippen molar-refractivity contribution in [2.45, 2.75) is 13.8 Å². The van der Waals surface area contributed by atoms with E-state index in [0.29, 0.717) is 18.2 Å². The van der Waals surface area contributed by atoms with Gasteiger partial charge in [-0.15, -0.1) is 0 Å². The molecule has 2 N–H and O–H groups in total. The lowest BCUT2D eigenvalue weighted by atomic mass is 10.3. The third-order valence-electron chi connectivity index (χ3n) is 3.34. The van der Waals surface area contributed by atoms with Crippen molar-refractivity contribution in [3.8, 4) is 0 Å². The lowest BCUT2D eigenvalue weighted by Crippen LogP contribution is -2.47. The summed E-state index contributed by atoms with van der Waals surface area (Å²) in [6.45, 7) is 7.59. The highest BCUT2D eigenvalue weighted by atomic mass is 16.6. The second kappa shape index (κ2) is 6.64. The van der Waals surface area contributed by atoms with Gasteiger partial charge in [-0.05, 0) is 20.9 Å².